The number of H-pyrrole nitrogens is 1. The van der Waals surface area contributed by atoms with E-state index in [9.17, 15) is 4.79 Å². The van der Waals surface area contributed by atoms with E-state index in [0.717, 1.165) is 29.3 Å². The van der Waals surface area contributed by atoms with Crippen molar-refractivity contribution in [2.75, 3.05) is 19.6 Å². The number of hydrogen-bond donors (Lipinski definition) is 1. The number of ketones is 1. The Hall–Kier alpha value is -1.61. The molecule has 2 bridgehead atoms. The number of Topliss-reactive ketones (excluding diaryl/α,β-unsaturated/α-hetero) is 1. The van der Waals surface area contributed by atoms with Crippen molar-refractivity contribution in [3.63, 3.8) is 0 Å². The molecule has 0 amide bonds. The second-order valence-corrected chi connectivity index (χ2v) is 7.89. The predicted molar refractivity (Wildman–Crippen MR) is 110 cm³/mol. The Bertz CT molecular complexity index is 752. The molecule has 0 atom stereocenters. The highest BCUT2D eigenvalue weighted by Gasteiger charge is 2.39. The van der Waals surface area contributed by atoms with E-state index in [1.807, 2.05) is 20.0 Å². The smallest absolute Gasteiger partial charge is 0.165 e. The minimum absolute atomic E-state index is 0.312. The molecule has 5 rings (SSSR count). The zero-order chi connectivity index (χ0) is 18.7. The summed E-state index contributed by atoms with van der Waals surface area (Å²) in [6.07, 6.45) is 8.57. The molecule has 3 saturated heterocycles. The minimum atomic E-state index is 0.312. The zero-order valence-corrected chi connectivity index (χ0v) is 17.0. The fourth-order valence-electron chi connectivity index (χ4n) is 4.72. The number of hydrogen-bond acceptors (Lipinski definition) is 2. The third kappa shape index (κ3) is 3.59. The molecule has 0 saturated carbocycles. The van der Waals surface area contributed by atoms with Gasteiger partial charge in [0.2, 0.25) is 0 Å². The molecule has 1 aromatic heterocycles. The SMILES string of the molecule is CC.CCc1cc2[nH]cc(C(=O)CCC34CCN(CC3)CC4)c2cc1C. The molecular formula is C23H34N2O. The first-order valence-electron chi connectivity index (χ1n) is 10.5. The number of aryl methyl sites for hydroxylation is 2. The molecule has 1 aromatic carbocycles. The van der Waals surface area contributed by atoms with E-state index in [1.54, 1.807) is 0 Å². The Kier molecular flexibility index (Phi) is 5.86. The van der Waals surface area contributed by atoms with Crippen LogP contribution in [0.15, 0.2) is 18.3 Å². The zero-order valence-electron chi connectivity index (χ0n) is 17.0. The van der Waals surface area contributed by atoms with Crippen LogP contribution in [0.1, 0.15) is 74.4 Å². The van der Waals surface area contributed by atoms with Crippen LogP contribution in [-0.2, 0) is 6.42 Å². The van der Waals surface area contributed by atoms with Crippen molar-refractivity contribution in [2.45, 2.75) is 66.2 Å². The average Bonchev–Trinajstić information content (AvgIpc) is 3.11. The van der Waals surface area contributed by atoms with Crippen LogP contribution in [0.5, 0.6) is 0 Å². The van der Waals surface area contributed by atoms with E-state index >= 15 is 0 Å². The molecule has 4 heterocycles. The number of carbonyl (C=O) groups is 1. The van der Waals surface area contributed by atoms with Crippen molar-refractivity contribution in [2.24, 2.45) is 5.41 Å². The Balaban J connectivity index is 0.000000948. The number of nitrogens with zero attached hydrogens (tertiary/aromatic N) is 1. The second-order valence-electron chi connectivity index (χ2n) is 7.89. The van der Waals surface area contributed by atoms with Gasteiger partial charge in [-0.2, -0.15) is 0 Å². The van der Waals surface area contributed by atoms with Crippen LogP contribution in [-0.4, -0.2) is 35.3 Å². The van der Waals surface area contributed by atoms with Crippen molar-refractivity contribution in [1.29, 1.82) is 0 Å². The van der Waals surface area contributed by atoms with E-state index in [1.165, 1.54) is 50.0 Å². The van der Waals surface area contributed by atoms with E-state index in [-0.39, 0.29) is 0 Å². The molecule has 3 fully saturated rings. The summed E-state index contributed by atoms with van der Waals surface area (Å²) in [4.78, 5) is 18.7. The normalized spacial score (nSPS) is 24.4. The summed E-state index contributed by atoms with van der Waals surface area (Å²) in [5, 5.41) is 1.10. The number of rotatable bonds is 5. The van der Waals surface area contributed by atoms with Gasteiger partial charge in [0.1, 0.15) is 0 Å². The summed E-state index contributed by atoms with van der Waals surface area (Å²) in [5.74, 6) is 0.312. The van der Waals surface area contributed by atoms with Gasteiger partial charge in [0.15, 0.2) is 5.78 Å². The third-order valence-corrected chi connectivity index (χ3v) is 6.58. The van der Waals surface area contributed by atoms with Gasteiger partial charge in [-0.3, -0.25) is 4.79 Å². The van der Waals surface area contributed by atoms with Gasteiger partial charge in [-0.25, -0.2) is 0 Å². The fourth-order valence-corrected chi connectivity index (χ4v) is 4.72. The van der Waals surface area contributed by atoms with E-state index in [2.05, 4.69) is 35.9 Å². The van der Waals surface area contributed by atoms with Crippen molar-refractivity contribution >= 4 is 16.7 Å². The molecule has 0 radical (unpaired) electrons. The summed E-state index contributed by atoms with van der Waals surface area (Å²) in [6.45, 7) is 12.0. The van der Waals surface area contributed by atoms with Gasteiger partial charge in [-0.05, 0) is 87.3 Å². The van der Waals surface area contributed by atoms with Crippen LogP contribution in [0, 0.1) is 12.3 Å². The van der Waals surface area contributed by atoms with Crippen LogP contribution in [0.4, 0.5) is 0 Å². The van der Waals surface area contributed by atoms with E-state index < -0.39 is 0 Å². The molecule has 3 heteroatoms. The summed E-state index contributed by atoms with van der Waals surface area (Å²) in [5.41, 5.74) is 5.08. The molecule has 1 N–H and O–H groups in total. The predicted octanol–water partition coefficient (Wildman–Crippen LogP) is 5.51. The van der Waals surface area contributed by atoms with Gasteiger partial charge in [0, 0.05) is 29.1 Å². The first kappa shape index (κ1) is 19.2. The largest absolute Gasteiger partial charge is 0.360 e. The van der Waals surface area contributed by atoms with E-state index in [4.69, 9.17) is 0 Å². The Morgan fingerprint density at radius 2 is 1.81 bits per heavy atom. The summed E-state index contributed by atoms with van der Waals surface area (Å²) in [7, 11) is 0. The fraction of sp³-hybridized carbons (Fsp3) is 0.609. The maximum Gasteiger partial charge on any atom is 0.165 e. The number of nitrogens with one attached hydrogen (secondary N) is 1. The third-order valence-electron chi connectivity index (χ3n) is 6.58. The van der Waals surface area contributed by atoms with Gasteiger partial charge in [0.05, 0.1) is 0 Å². The molecule has 0 unspecified atom stereocenters. The lowest BCUT2D eigenvalue weighted by Gasteiger charge is -2.48. The van der Waals surface area contributed by atoms with Crippen LogP contribution >= 0.6 is 0 Å². The monoisotopic (exact) mass is 354 g/mol. The molecular weight excluding hydrogens is 320 g/mol. The van der Waals surface area contributed by atoms with Gasteiger partial charge < -0.3 is 9.88 Å². The quantitative estimate of drug-likeness (QED) is 0.718. The Morgan fingerprint density at radius 3 is 2.42 bits per heavy atom. The first-order valence-corrected chi connectivity index (χ1v) is 10.5. The highest BCUT2D eigenvalue weighted by molar-refractivity contribution is 6.08. The number of fused-ring (bicyclic) bond motifs is 4. The van der Waals surface area contributed by atoms with Crippen molar-refractivity contribution in [1.82, 2.24) is 9.88 Å². The summed E-state index contributed by atoms with van der Waals surface area (Å²) < 4.78 is 0. The van der Waals surface area contributed by atoms with Crippen molar-refractivity contribution < 1.29 is 4.79 Å². The van der Waals surface area contributed by atoms with E-state index in [0.29, 0.717) is 17.6 Å². The molecule has 3 aliphatic heterocycles. The topological polar surface area (TPSA) is 36.1 Å². The maximum atomic E-state index is 12.9. The lowest BCUT2D eigenvalue weighted by Crippen LogP contribution is -2.48. The van der Waals surface area contributed by atoms with Gasteiger partial charge in [-0.1, -0.05) is 20.8 Å². The lowest BCUT2D eigenvalue weighted by molar-refractivity contribution is 0.0187. The minimum Gasteiger partial charge on any atom is -0.360 e. The molecule has 2 aromatic rings. The molecule has 0 spiro atoms. The number of carbonyl (C=O) groups excluding carboxylic acids is 1. The van der Waals surface area contributed by atoms with Crippen LogP contribution in [0.3, 0.4) is 0 Å². The van der Waals surface area contributed by atoms with Gasteiger partial charge in [0.25, 0.3) is 0 Å². The van der Waals surface area contributed by atoms with Gasteiger partial charge in [-0.15, -0.1) is 0 Å². The summed E-state index contributed by atoms with van der Waals surface area (Å²) >= 11 is 0. The maximum absolute atomic E-state index is 12.9. The van der Waals surface area contributed by atoms with Gasteiger partial charge >= 0.3 is 0 Å². The molecule has 3 aliphatic rings. The van der Waals surface area contributed by atoms with Crippen LogP contribution < -0.4 is 0 Å². The molecule has 0 aliphatic carbocycles. The van der Waals surface area contributed by atoms with Crippen LogP contribution in [0.25, 0.3) is 10.9 Å². The lowest BCUT2D eigenvalue weighted by atomic mass is 9.69. The Labute approximate surface area is 158 Å². The van der Waals surface area contributed by atoms with Crippen molar-refractivity contribution in [3.8, 4) is 0 Å². The second kappa shape index (κ2) is 7.96. The number of benzene rings is 1. The van der Waals surface area contributed by atoms with Crippen LogP contribution in [0.2, 0.25) is 0 Å². The molecule has 26 heavy (non-hydrogen) atoms. The molecule has 142 valence electrons. The Morgan fingerprint density at radius 1 is 1.15 bits per heavy atom. The van der Waals surface area contributed by atoms with Crippen molar-refractivity contribution in [3.05, 3.63) is 35.0 Å². The number of aromatic nitrogens is 1. The summed E-state index contributed by atoms with van der Waals surface area (Å²) in [6, 6.07) is 4.40. The number of aromatic amines is 1. The highest BCUT2D eigenvalue weighted by atomic mass is 16.1. The highest BCUT2D eigenvalue weighted by Crippen LogP contribution is 2.44. The number of piperidine rings is 3. The standard InChI is InChI=1S/C21H28N2O.C2H6/c1-3-16-13-19-17(12-15(16)2)18(14-22-19)20(24)4-5-21-6-9-23(10-7-21)11-8-21;1-2/h12-14,22H,3-11H2,1-2H3;1-2H3. The first-order chi connectivity index (χ1) is 12.6. The molecule has 3 nitrogen and oxygen atoms in total. The average molecular weight is 355 g/mol.